The van der Waals surface area contributed by atoms with Crippen LogP contribution in [-0.2, 0) is 32.0 Å². The molecule has 1 aromatic heterocycles. The Labute approximate surface area is 321 Å². The number of hydrogen-bond acceptors (Lipinski definition) is 9. The number of benzene rings is 2. The number of carboxylic acid groups (broad SMARTS) is 1. The SMILES string of the molecule is CC(=O)N(C(=O)C(N)Cc1ccccc1)[C@@](Cc1cnc[nH]1)(C(=O)NC(CC1CCCCC1)C(O)CC(=O)NCC(C)C)C1COc2ccc(C(=O)O)cc21. The van der Waals surface area contributed by atoms with Crippen LogP contribution in [0.2, 0.25) is 0 Å². The molecular formula is C41H54N6O8. The van der Waals surface area contributed by atoms with E-state index in [0.29, 0.717) is 30.0 Å². The molecule has 1 aliphatic heterocycles. The summed E-state index contributed by atoms with van der Waals surface area (Å²) in [6.07, 6.45) is 6.25. The van der Waals surface area contributed by atoms with Crippen molar-refractivity contribution >= 4 is 29.6 Å². The number of aromatic amines is 1. The van der Waals surface area contributed by atoms with Gasteiger partial charge >= 0.3 is 5.97 Å². The summed E-state index contributed by atoms with van der Waals surface area (Å²) in [5.41, 5.74) is 5.84. The average Bonchev–Trinajstić information content (AvgIpc) is 3.84. The third-order valence-corrected chi connectivity index (χ3v) is 10.8. The van der Waals surface area contributed by atoms with E-state index in [-0.39, 0.29) is 49.2 Å². The highest BCUT2D eigenvalue weighted by atomic mass is 16.5. The molecule has 7 N–H and O–H groups in total. The van der Waals surface area contributed by atoms with Gasteiger partial charge in [0.2, 0.25) is 23.6 Å². The Kier molecular flexibility index (Phi) is 13.8. The van der Waals surface area contributed by atoms with Gasteiger partial charge < -0.3 is 36.3 Å². The minimum absolute atomic E-state index is 0.0562. The number of imide groups is 1. The molecule has 3 aromatic rings. The van der Waals surface area contributed by atoms with Crippen LogP contribution in [0.4, 0.5) is 0 Å². The maximum absolute atomic E-state index is 15.6. The number of aromatic carboxylic acids is 1. The normalized spacial score (nSPS) is 18.3. The number of aliphatic hydroxyl groups is 1. The average molecular weight is 759 g/mol. The van der Waals surface area contributed by atoms with Gasteiger partial charge in [-0.1, -0.05) is 76.3 Å². The first-order valence-electron chi connectivity index (χ1n) is 19.2. The number of hydrogen-bond donors (Lipinski definition) is 6. The van der Waals surface area contributed by atoms with E-state index in [1.807, 2.05) is 19.9 Å². The van der Waals surface area contributed by atoms with E-state index in [1.54, 1.807) is 24.3 Å². The molecule has 4 unspecified atom stereocenters. The second-order valence-corrected chi connectivity index (χ2v) is 15.4. The maximum atomic E-state index is 15.6. The molecule has 0 saturated heterocycles. The van der Waals surface area contributed by atoms with Gasteiger partial charge in [-0.3, -0.25) is 24.1 Å². The lowest BCUT2D eigenvalue weighted by Gasteiger charge is -2.46. The van der Waals surface area contributed by atoms with Crippen LogP contribution in [0.1, 0.15) is 98.8 Å². The number of aliphatic hydroxyl groups excluding tert-OH is 1. The first-order valence-corrected chi connectivity index (χ1v) is 19.2. The van der Waals surface area contributed by atoms with Crippen LogP contribution in [0, 0.1) is 11.8 Å². The second-order valence-electron chi connectivity index (χ2n) is 15.4. The standard InChI is InChI=1S/C41H54N6O8/c1-25(2)21-44-37(50)19-35(49)34(17-28-12-8-5-9-13-28)46-40(54)41(20-30-22-43-24-45-30,32-23-55-36-15-14-29(39(52)53)18-31(32)36)47(26(3)48)38(51)33(42)16-27-10-6-4-7-11-27/h4,6-7,10-11,14-15,18,22,24-25,28,32-35,49H,5,8-9,12-13,16-17,19-21,23,42H2,1-3H3,(H,43,45)(H,44,50)(H,46,54)(H,52,53)/t32?,33?,34?,35?,41-/m1/s1. The van der Waals surface area contributed by atoms with Crippen molar-refractivity contribution in [1.29, 1.82) is 0 Å². The van der Waals surface area contributed by atoms with Crippen molar-refractivity contribution in [2.24, 2.45) is 17.6 Å². The monoisotopic (exact) mass is 758 g/mol. The molecule has 2 aliphatic rings. The zero-order valence-electron chi connectivity index (χ0n) is 31.8. The fraction of sp³-hybridized carbons (Fsp3) is 0.512. The molecule has 5 atom stereocenters. The molecule has 1 saturated carbocycles. The van der Waals surface area contributed by atoms with Gasteiger partial charge in [0.1, 0.15) is 11.3 Å². The highest BCUT2D eigenvalue weighted by Crippen LogP contribution is 2.46. The quantitative estimate of drug-likeness (QED) is 0.118. The molecule has 5 rings (SSSR count). The van der Waals surface area contributed by atoms with Crippen molar-refractivity contribution in [3.8, 4) is 5.75 Å². The first-order chi connectivity index (χ1) is 26.3. The topological polar surface area (TPSA) is 217 Å². The van der Waals surface area contributed by atoms with E-state index >= 15 is 4.79 Å². The van der Waals surface area contributed by atoms with Crippen molar-refractivity contribution < 1.29 is 38.9 Å². The Morgan fingerprint density at radius 1 is 1.07 bits per heavy atom. The predicted molar refractivity (Wildman–Crippen MR) is 204 cm³/mol. The summed E-state index contributed by atoms with van der Waals surface area (Å²) < 4.78 is 6.08. The van der Waals surface area contributed by atoms with Gasteiger partial charge in [0.05, 0.1) is 49.0 Å². The number of carbonyl (C=O) groups is 5. The molecule has 14 heteroatoms. The molecule has 14 nitrogen and oxygen atoms in total. The van der Waals surface area contributed by atoms with E-state index in [4.69, 9.17) is 10.5 Å². The summed E-state index contributed by atoms with van der Waals surface area (Å²) in [5, 5.41) is 27.6. The highest BCUT2D eigenvalue weighted by Gasteiger charge is 2.58. The number of amides is 4. The fourth-order valence-corrected chi connectivity index (χ4v) is 7.98. The molecule has 1 fully saturated rings. The summed E-state index contributed by atoms with van der Waals surface area (Å²) in [4.78, 5) is 77.7. The number of fused-ring (bicyclic) bond motifs is 1. The Balaban J connectivity index is 1.65. The number of ether oxygens (including phenoxy) is 1. The number of carbonyl (C=O) groups excluding carboxylic acids is 4. The minimum Gasteiger partial charge on any atom is -0.493 e. The van der Waals surface area contributed by atoms with E-state index < -0.39 is 53.3 Å². The zero-order chi connectivity index (χ0) is 39.7. The van der Waals surface area contributed by atoms with Crippen LogP contribution in [0.15, 0.2) is 61.1 Å². The predicted octanol–water partition coefficient (Wildman–Crippen LogP) is 3.49. The zero-order valence-corrected chi connectivity index (χ0v) is 31.8. The summed E-state index contributed by atoms with van der Waals surface area (Å²) in [5.74, 6) is -4.45. The largest absolute Gasteiger partial charge is 0.493 e. The molecule has 55 heavy (non-hydrogen) atoms. The van der Waals surface area contributed by atoms with Crippen LogP contribution < -0.4 is 21.1 Å². The molecular weight excluding hydrogens is 704 g/mol. The van der Waals surface area contributed by atoms with Crippen LogP contribution in [-0.4, -0.2) is 91.6 Å². The van der Waals surface area contributed by atoms with Gasteiger partial charge in [-0.25, -0.2) is 9.78 Å². The van der Waals surface area contributed by atoms with Crippen molar-refractivity contribution in [3.05, 3.63) is 83.4 Å². The van der Waals surface area contributed by atoms with Gasteiger partial charge in [0.15, 0.2) is 0 Å². The number of carboxylic acids is 1. The summed E-state index contributed by atoms with van der Waals surface area (Å²) in [6.45, 7) is 5.32. The van der Waals surface area contributed by atoms with Gasteiger partial charge in [0, 0.05) is 37.3 Å². The van der Waals surface area contributed by atoms with Crippen molar-refractivity contribution in [2.75, 3.05) is 13.2 Å². The van der Waals surface area contributed by atoms with Crippen molar-refractivity contribution in [2.45, 2.75) is 108 Å². The highest BCUT2D eigenvalue weighted by molar-refractivity contribution is 6.05. The molecule has 0 spiro atoms. The van der Waals surface area contributed by atoms with Gasteiger partial charge in [-0.2, -0.15) is 0 Å². The van der Waals surface area contributed by atoms with Crippen molar-refractivity contribution in [3.63, 3.8) is 0 Å². The molecule has 2 aromatic carbocycles. The summed E-state index contributed by atoms with van der Waals surface area (Å²) in [7, 11) is 0. The number of nitrogens with zero attached hydrogens (tertiary/aromatic N) is 2. The lowest BCUT2D eigenvalue weighted by Crippen LogP contribution is -2.70. The number of aromatic nitrogens is 2. The number of H-pyrrole nitrogens is 1. The maximum Gasteiger partial charge on any atom is 0.335 e. The third-order valence-electron chi connectivity index (χ3n) is 10.8. The van der Waals surface area contributed by atoms with Gasteiger partial charge in [-0.05, 0) is 48.4 Å². The molecule has 1 aliphatic carbocycles. The molecule has 296 valence electrons. The van der Waals surface area contributed by atoms with Crippen LogP contribution in [0.5, 0.6) is 5.75 Å². The van der Waals surface area contributed by atoms with E-state index in [2.05, 4.69) is 20.6 Å². The summed E-state index contributed by atoms with van der Waals surface area (Å²) >= 11 is 0. The molecule has 4 amide bonds. The third kappa shape index (κ3) is 9.97. The molecule has 2 heterocycles. The lowest BCUT2D eigenvalue weighted by molar-refractivity contribution is -0.161. The molecule has 0 bridgehead atoms. The second kappa shape index (κ2) is 18.5. The number of imidazole rings is 1. The van der Waals surface area contributed by atoms with E-state index in [9.17, 15) is 29.4 Å². The Bertz CT molecular complexity index is 1790. The van der Waals surface area contributed by atoms with Gasteiger partial charge in [-0.15, -0.1) is 0 Å². The van der Waals surface area contributed by atoms with Crippen LogP contribution in [0.3, 0.4) is 0 Å². The number of rotatable bonds is 17. The smallest absolute Gasteiger partial charge is 0.335 e. The van der Waals surface area contributed by atoms with Crippen LogP contribution >= 0.6 is 0 Å². The van der Waals surface area contributed by atoms with Gasteiger partial charge in [0.25, 0.3) is 0 Å². The van der Waals surface area contributed by atoms with E-state index in [0.717, 1.165) is 42.6 Å². The van der Waals surface area contributed by atoms with E-state index in [1.165, 1.54) is 37.6 Å². The Hall–Kier alpha value is -5.08. The number of nitrogens with two attached hydrogens (primary N) is 1. The summed E-state index contributed by atoms with van der Waals surface area (Å²) in [6, 6.07) is 11.1. The fourth-order valence-electron chi connectivity index (χ4n) is 7.98. The lowest BCUT2D eigenvalue weighted by atomic mass is 9.73. The number of nitrogens with one attached hydrogen (secondary N) is 3. The Morgan fingerprint density at radius 3 is 2.44 bits per heavy atom. The van der Waals surface area contributed by atoms with Crippen LogP contribution in [0.25, 0.3) is 0 Å². The molecule has 0 radical (unpaired) electrons. The van der Waals surface area contributed by atoms with Crippen molar-refractivity contribution in [1.82, 2.24) is 25.5 Å². The minimum atomic E-state index is -2.13. The first kappa shape index (κ1) is 41.1. The Morgan fingerprint density at radius 2 is 1.80 bits per heavy atom.